The molecule has 162 valence electrons. The summed E-state index contributed by atoms with van der Waals surface area (Å²) in [5.41, 5.74) is 1.02. The molecule has 3 rings (SSSR count). The lowest BCUT2D eigenvalue weighted by Gasteiger charge is -2.29. The summed E-state index contributed by atoms with van der Waals surface area (Å²) in [6.07, 6.45) is 4.74. The normalized spacial score (nSPS) is 14.3. The van der Waals surface area contributed by atoms with E-state index in [0.29, 0.717) is 5.75 Å². The number of esters is 1. The molecule has 1 aromatic carbocycles. The van der Waals surface area contributed by atoms with Crippen molar-refractivity contribution >= 4 is 17.9 Å². The molecule has 1 aliphatic rings. The Balaban J connectivity index is 1.98. The molecule has 30 heavy (non-hydrogen) atoms. The Labute approximate surface area is 177 Å². The summed E-state index contributed by atoms with van der Waals surface area (Å²) in [6, 6.07) is 9.42. The van der Waals surface area contributed by atoms with Crippen LogP contribution < -0.4 is 9.64 Å². The number of hydrogen-bond acceptors (Lipinski definition) is 6. The molecule has 0 atom stereocenters. The Bertz CT molecular complexity index is 891. The third-order valence-corrected chi connectivity index (χ3v) is 4.84. The molecule has 2 heterocycles. The molecule has 0 spiro atoms. The minimum atomic E-state index is -0.595. The van der Waals surface area contributed by atoms with Gasteiger partial charge in [0.15, 0.2) is 6.61 Å². The number of benzene rings is 1. The van der Waals surface area contributed by atoms with Gasteiger partial charge in [-0.1, -0.05) is 18.2 Å². The first-order valence-electron chi connectivity index (χ1n) is 10.3. The van der Waals surface area contributed by atoms with E-state index in [1.54, 1.807) is 16.8 Å². The predicted octanol–water partition coefficient (Wildman–Crippen LogP) is 4.48. The molecule has 7 nitrogen and oxygen atoms in total. The second-order valence-electron chi connectivity index (χ2n) is 8.35. The van der Waals surface area contributed by atoms with E-state index >= 15 is 0 Å². The van der Waals surface area contributed by atoms with Gasteiger partial charge in [0.25, 0.3) is 0 Å². The van der Waals surface area contributed by atoms with Crippen LogP contribution in [-0.2, 0) is 14.3 Å². The topological polar surface area (TPSA) is 70.0 Å². The average Bonchev–Trinajstić information content (AvgIpc) is 3.17. The van der Waals surface area contributed by atoms with E-state index in [4.69, 9.17) is 9.47 Å². The molecule has 0 bridgehead atoms. The first kappa shape index (κ1) is 21.7. The van der Waals surface area contributed by atoms with Crippen LogP contribution in [0.25, 0.3) is 11.1 Å². The van der Waals surface area contributed by atoms with E-state index in [2.05, 4.69) is 9.64 Å². The molecule has 0 N–H and O–H groups in total. The Hall–Kier alpha value is -2.96. The Morgan fingerprint density at radius 3 is 2.43 bits per heavy atom. The standard InChI is InChI=1S/C23H30N2O5/c1-23(2,3)30-22(27)25-15-17(14-20(25)24-12-8-5-9-13-24)18-10-6-7-11-19(18)29-16-21(26)28-4/h6-7,10-11,14-15H,5,8-9,12-13,16H2,1-4H3. The van der Waals surface area contributed by atoms with E-state index in [-0.39, 0.29) is 6.61 Å². The number of nitrogens with zero attached hydrogens (tertiary/aromatic N) is 2. The van der Waals surface area contributed by atoms with E-state index in [1.165, 1.54) is 13.5 Å². The van der Waals surface area contributed by atoms with E-state index in [0.717, 1.165) is 42.9 Å². The highest BCUT2D eigenvalue weighted by Crippen LogP contribution is 2.35. The molecular formula is C23H30N2O5. The lowest BCUT2D eigenvalue weighted by molar-refractivity contribution is -0.142. The van der Waals surface area contributed by atoms with Crippen LogP contribution in [0, 0.1) is 0 Å². The quantitative estimate of drug-likeness (QED) is 0.672. The molecule has 7 heteroatoms. The van der Waals surface area contributed by atoms with Crippen LogP contribution in [0.2, 0.25) is 0 Å². The highest BCUT2D eigenvalue weighted by atomic mass is 16.6. The van der Waals surface area contributed by atoms with Gasteiger partial charge in [0.05, 0.1) is 7.11 Å². The highest BCUT2D eigenvalue weighted by molar-refractivity contribution is 5.82. The third-order valence-electron chi connectivity index (χ3n) is 4.84. The molecule has 1 fully saturated rings. The van der Waals surface area contributed by atoms with Gasteiger partial charge in [-0.05, 0) is 52.2 Å². The van der Waals surface area contributed by atoms with Gasteiger partial charge in [-0.15, -0.1) is 0 Å². The molecule has 0 radical (unpaired) electrons. The molecule has 1 aliphatic heterocycles. The number of carbonyl (C=O) groups excluding carboxylic acids is 2. The fraction of sp³-hybridized carbons (Fsp3) is 0.478. The van der Waals surface area contributed by atoms with Crippen LogP contribution in [0.3, 0.4) is 0 Å². The maximum atomic E-state index is 12.9. The van der Waals surface area contributed by atoms with Crippen LogP contribution in [0.15, 0.2) is 36.5 Å². The number of hydrogen-bond donors (Lipinski definition) is 0. The summed E-state index contributed by atoms with van der Waals surface area (Å²) in [6.45, 7) is 7.17. The number of para-hydroxylation sites is 1. The van der Waals surface area contributed by atoms with Crippen molar-refractivity contribution in [2.75, 3.05) is 31.7 Å². The second-order valence-corrected chi connectivity index (χ2v) is 8.35. The Morgan fingerprint density at radius 1 is 1.07 bits per heavy atom. The van der Waals surface area contributed by atoms with Crippen molar-refractivity contribution in [1.29, 1.82) is 0 Å². The van der Waals surface area contributed by atoms with Gasteiger partial charge in [0, 0.05) is 30.4 Å². The number of carbonyl (C=O) groups is 2. The molecule has 1 saturated heterocycles. The van der Waals surface area contributed by atoms with Gasteiger partial charge >= 0.3 is 12.1 Å². The zero-order valence-electron chi connectivity index (χ0n) is 18.1. The van der Waals surface area contributed by atoms with E-state index < -0.39 is 17.7 Å². The zero-order valence-corrected chi connectivity index (χ0v) is 18.1. The van der Waals surface area contributed by atoms with E-state index in [9.17, 15) is 9.59 Å². The van der Waals surface area contributed by atoms with Crippen molar-refractivity contribution in [2.24, 2.45) is 0 Å². The Kier molecular flexibility index (Phi) is 6.70. The van der Waals surface area contributed by atoms with Crippen LogP contribution in [-0.4, -0.2) is 49.0 Å². The molecule has 1 aromatic heterocycles. The van der Waals surface area contributed by atoms with Crippen molar-refractivity contribution in [1.82, 2.24) is 4.57 Å². The predicted molar refractivity (Wildman–Crippen MR) is 115 cm³/mol. The van der Waals surface area contributed by atoms with Gasteiger partial charge < -0.3 is 19.1 Å². The molecule has 2 aromatic rings. The molecule has 0 unspecified atom stereocenters. The molecule has 0 aliphatic carbocycles. The first-order chi connectivity index (χ1) is 14.3. The fourth-order valence-corrected chi connectivity index (χ4v) is 3.45. The lowest BCUT2D eigenvalue weighted by atomic mass is 10.1. The van der Waals surface area contributed by atoms with Crippen molar-refractivity contribution in [2.45, 2.75) is 45.6 Å². The van der Waals surface area contributed by atoms with Gasteiger partial charge in [0.2, 0.25) is 0 Å². The number of rotatable bonds is 5. The van der Waals surface area contributed by atoms with Crippen molar-refractivity contribution in [3.63, 3.8) is 0 Å². The summed E-state index contributed by atoms with van der Waals surface area (Å²) in [7, 11) is 1.32. The number of anilines is 1. The SMILES string of the molecule is COC(=O)COc1ccccc1-c1cc(N2CCCCC2)n(C(=O)OC(C)(C)C)c1. The molecule has 0 amide bonds. The summed E-state index contributed by atoms with van der Waals surface area (Å²) in [5, 5.41) is 0. The van der Waals surface area contributed by atoms with Crippen molar-refractivity contribution in [3.8, 4) is 16.9 Å². The lowest BCUT2D eigenvalue weighted by Crippen LogP contribution is -2.34. The number of aromatic nitrogens is 1. The van der Waals surface area contributed by atoms with Gasteiger partial charge in [0.1, 0.15) is 17.2 Å². The van der Waals surface area contributed by atoms with Crippen LogP contribution >= 0.6 is 0 Å². The summed E-state index contributed by atoms with van der Waals surface area (Å²) >= 11 is 0. The smallest absolute Gasteiger partial charge is 0.420 e. The minimum Gasteiger partial charge on any atom is -0.481 e. The minimum absolute atomic E-state index is 0.181. The van der Waals surface area contributed by atoms with Crippen LogP contribution in [0.5, 0.6) is 5.75 Å². The molecule has 0 saturated carbocycles. The summed E-state index contributed by atoms with van der Waals surface area (Å²) in [4.78, 5) is 26.6. The zero-order chi connectivity index (χ0) is 21.7. The molecular weight excluding hydrogens is 384 g/mol. The van der Waals surface area contributed by atoms with Crippen LogP contribution in [0.1, 0.15) is 40.0 Å². The maximum absolute atomic E-state index is 12.9. The van der Waals surface area contributed by atoms with Gasteiger partial charge in [-0.25, -0.2) is 14.2 Å². The largest absolute Gasteiger partial charge is 0.481 e. The average molecular weight is 415 g/mol. The summed E-state index contributed by atoms with van der Waals surface area (Å²) < 4.78 is 17.5. The summed E-state index contributed by atoms with van der Waals surface area (Å²) in [5.74, 6) is 0.904. The van der Waals surface area contributed by atoms with Crippen molar-refractivity contribution < 1.29 is 23.8 Å². The monoisotopic (exact) mass is 414 g/mol. The maximum Gasteiger partial charge on any atom is 0.420 e. The third kappa shape index (κ3) is 5.34. The Morgan fingerprint density at radius 2 is 1.77 bits per heavy atom. The second kappa shape index (κ2) is 9.24. The van der Waals surface area contributed by atoms with E-state index in [1.807, 2.05) is 45.0 Å². The van der Waals surface area contributed by atoms with Crippen LogP contribution in [0.4, 0.5) is 10.6 Å². The van der Waals surface area contributed by atoms with Gasteiger partial charge in [-0.2, -0.15) is 0 Å². The first-order valence-corrected chi connectivity index (χ1v) is 10.3. The fourth-order valence-electron chi connectivity index (χ4n) is 3.45. The van der Waals surface area contributed by atoms with Gasteiger partial charge in [-0.3, -0.25) is 0 Å². The number of ether oxygens (including phenoxy) is 3. The number of piperidine rings is 1. The number of methoxy groups -OCH3 is 1. The highest BCUT2D eigenvalue weighted by Gasteiger charge is 2.25. The van der Waals surface area contributed by atoms with Crippen molar-refractivity contribution in [3.05, 3.63) is 36.5 Å².